The van der Waals surface area contributed by atoms with Gasteiger partial charge < -0.3 is 15.7 Å². The van der Waals surface area contributed by atoms with Gasteiger partial charge in [0.15, 0.2) is 0 Å². The van der Waals surface area contributed by atoms with Crippen LogP contribution in [0, 0.1) is 12.3 Å². The van der Waals surface area contributed by atoms with Crippen molar-refractivity contribution in [2.75, 3.05) is 13.1 Å². The minimum absolute atomic E-state index is 0.207. The van der Waals surface area contributed by atoms with Crippen LogP contribution in [0.4, 0.5) is 0 Å². The van der Waals surface area contributed by atoms with Crippen LogP contribution in [0.2, 0.25) is 0 Å². The molecule has 0 heterocycles. The molecule has 0 aromatic heterocycles. The Balaban J connectivity index is 3.53. The van der Waals surface area contributed by atoms with Crippen LogP contribution in [0.5, 0.6) is 0 Å². The van der Waals surface area contributed by atoms with Crippen LogP contribution in [0.1, 0.15) is 25.7 Å². The first-order valence-electron chi connectivity index (χ1n) is 5.25. The van der Waals surface area contributed by atoms with E-state index in [9.17, 15) is 14.4 Å². The summed E-state index contributed by atoms with van der Waals surface area (Å²) in [5, 5.41) is 12.8. The summed E-state index contributed by atoms with van der Waals surface area (Å²) in [4.78, 5) is 32.3. The van der Waals surface area contributed by atoms with Gasteiger partial charge in [-0.2, -0.15) is 0 Å². The molecule has 94 valence electrons. The molecule has 0 rings (SSSR count). The van der Waals surface area contributed by atoms with Gasteiger partial charge in [0.2, 0.25) is 11.8 Å². The van der Waals surface area contributed by atoms with E-state index in [1.807, 2.05) is 0 Å². The van der Waals surface area contributed by atoms with Gasteiger partial charge in [-0.3, -0.25) is 14.4 Å². The summed E-state index contributed by atoms with van der Waals surface area (Å²) in [6.45, 7) is -0.655. The second-order valence-corrected chi connectivity index (χ2v) is 3.36. The number of terminal acetylenes is 1. The molecule has 6 nitrogen and oxygen atoms in total. The zero-order chi connectivity index (χ0) is 13.1. The highest BCUT2D eigenvalue weighted by atomic mass is 16.4. The summed E-state index contributed by atoms with van der Waals surface area (Å²) < 4.78 is 0. The molecule has 0 fully saturated rings. The topological polar surface area (TPSA) is 95.5 Å². The van der Waals surface area contributed by atoms with Gasteiger partial charge >= 0.3 is 5.97 Å². The molecular formula is C11H16N2O4. The van der Waals surface area contributed by atoms with Crippen LogP contribution in [0.15, 0.2) is 0 Å². The van der Waals surface area contributed by atoms with E-state index in [2.05, 4.69) is 16.6 Å². The molecule has 0 atom stereocenters. The molecule has 6 heteroatoms. The highest BCUT2D eigenvalue weighted by Crippen LogP contribution is 1.97. The zero-order valence-corrected chi connectivity index (χ0v) is 9.49. The van der Waals surface area contributed by atoms with Crippen LogP contribution in [-0.4, -0.2) is 36.0 Å². The van der Waals surface area contributed by atoms with Crippen molar-refractivity contribution >= 4 is 17.8 Å². The number of amides is 2. The summed E-state index contributed by atoms with van der Waals surface area (Å²) in [6, 6.07) is 0. The maximum absolute atomic E-state index is 11.2. The first-order valence-corrected chi connectivity index (χ1v) is 5.25. The van der Waals surface area contributed by atoms with Gasteiger partial charge in [0.05, 0.1) is 6.54 Å². The Kier molecular flexibility index (Phi) is 8.11. The number of carboxylic acids is 1. The second-order valence-electron chi connectivity index (χ2n) is 3.36. The molecule has 0 spiro atoms. The van der Waals surface area contributed by atoms with E-state index in [1.165, 1.54) is 0 Å². The fraction of sp³-hybridized carbons (Fsp3) is 0.545. The van der Waals surface area contributed by atoms with Crippen molar-refractivity contribution in [2.45, 2.75) is 25.7 Å². The van der Waals surface area contributed by atoms with E-state index in [-0.39, 0.29) is 12.5 Å². The number of carbonyl (C=O) groups is 3. The zero-order valence-electron chi connectivity index (χ0n) is 9.49. The van der Waals surface area contributed by atoms with E-state index >= 15 is 0 Å². The van der Waals surface area contributed by atoms with Crippen molar-refractivity contribution in [3.05, 3.63) is 0 Å². The maximum Gasteiger partial charge on any atom is 0.322 e. The van der Waals surface area contributed by atoms with E-state index in [4.69, 9.17) is 11.5 Å². The third-order valence-corrected chi connectivity index (χ3v) is 1.86. The number of nitrogens with one attached hydrogen (secondary N) is 2. The molecule has 0 aromatic rings. The molecule has 17 heavy (non-hydrogen) atoms. The molecule has 3 N–H and O–H groups in total. The minimum Gasteiger partial charge on any atom is -0.480 e. The Bertz CT molecular complexity index is 320. The van der Waals surface area contributed by atoms with Crippen LogP contribution >= 0.6 is 0 Å². The van der Waals surface area contributed by atoms with Crippen molar-refractivity contribution in [1.29, 1.82) is 0 Å². The maximum atomic E-state index is 11.2. The van der Waals surface area contributed by atoms with Gasteiger partial charge in [-0.15, -0.1) is 12.3 Å². The second kappa shape index (κ2) is 9.21. The number of hydrogen-bond donors (Lipinski definition) is 3. The van der Waals surface area contributed by atoms with Crippen LogP contribution in [0.3, 0.4) is 0 Å². The smallest absolute Gasteiger partial charge is 0.322 e. The Hall–Kier alpha value is -2.03. The van der Waals surface area contributed by atoms with Gasteiger partial charge in [0.1, 0.15) is 6.54 Å². The molecule has 0 saturated heterocycles. The molecule has 0 aliphatic carbocycles. The standard InChI is InChI=1S/C11H16N2O4/c1-2-3-4-5-6-9(14)12-7-10(15)13-8-11(16)17/h1H,3-8H2,(H,12,14)(H,13,15)(H,16,17). The van der Waals surface area contributed by atoms with Crippen LogP contribution < -0.4 is 10.6 Å². The molecule has 2 amide bonds. The Morgan fingerprint density at radius 2 is 1.71 bits per heavy atom. The predicted octanol–water partition coefficient (Wildman–Crippen LogP) is -0.503. The number of aliphatic carboxylic acids is 1. The van der Waals surface area contributed by atoms with Gasteiger partial charge in [-0.05, 0) is 12.8 Å². The summed E-state index contributed by atoms with van der Waals surface area (Å²) in [6.07, 6.45) is 7.44. The van der Waals surface area contributed by atoms with Gasteiger partial charge in [-0.1, -0.05) is 0 Å². The average Bonchev–Trinajstić information content (AvgIpc) is 2.29. The number of unbranched alkanes of at least 4 members (excludes halogenated alkanes) is 2. The Morgan fingerprint density at radius 1 is 1.06 bits per heavy atom. The van der Waals surface area contributed by atoms with Gasteiger partial charge in [0, 0.05) is 12.8 Å². The molecule has 0 saturated carbocycles. The molecule has 0 unspecified atom stereocenters. The SMILES string of the molecule is C#CCCCCC(=O)NCC(=O)NCC(=O)O. The van der Waals surface area contributed by atoms with E-state index in [0.29, 0.717) is 19.3 Å². The van der Waals surface area contributed by atoms with E-state index in [0.717, 1.165) is 6.42 Å². The monoisotopic (exact) mass is 240 g/mol. The molecule has 0 radical (unpaired) electrons. The number of carboxylic acid groups (broad SMARTS) is 1. The van der Waals surface area contributed by atoms with E-state index < -0.39 is 18.4 Å². The van der Waals surface area contributed by atoms with Crippen molar-refractivity contribution < 1.29 is 19.5 Å². The quantitative estimate of drug-likeness (QED) is 0.393. The number of hydrogen-bond acceptors (Lipinski definition) is 3. The fourth-order valence-electron chi connectivity index (χ4n) is 1.02. The lowest BCUT2D eigenvalue weighted by molar-refractivity contribution is -0.137. The molecule has 0 aliphatic rings. The van der Waals surface area contributed by atoms with Gasteiger partial charge in [-0.25, -0.2) is 0 Å². The minimum atomic E-state index is -1.13. The van der Waals surface area contributed by atoms with Gasteiger partial charge in [0.25, 0.3) is 0 Å². The highest BCUT2D eigenvalue weighted by molar-refractivity contribution is 5.86. The fourth-order valence-corrected chi connectivity index (χ4v) is 1.02. The number of carbonyl (C=O) groups excluding carboxylic acids is 2. The Labute approximate surface area is 99.8 Å². The first kappa shape index (κ1) is 15.0. The lowest BCUT2D eigenvalue weighted by atomic mass is 10.2. The van der Waals surface area contributed by atoms with Crippen molar-refractivity contribution in [2.24, 2.45) is 0 Å². The third-order valence-electron chi connectivity index (χ3n) is 1.86. The number of rotatable bonds is 8. The average molecular weight is 240 g/mol. The third kappa shape index (κ3) is 10.3. The largest absolute Gasteiger partial charge is 0.480 e. The van der Waals surface area contributed by atoms with Crippen LogP contribution in [-0.2, 0) is 14.4 Å². The van der Waals surface area contributed by atoms with Crippen LogP contribution in [0.25, 0.3) is 0 Å². The van der Waals surface area contributed by atoms with Crippen molar-refractivity contribution in [1.82, 2.24) is 10.6 Å². The lowest BCUT2D eigenvalue weighted by Gasteiger charge is -2.04. The van der Waals surface area contributed by atoms with Crippen molar-refractivity contribution in [3.63, 3.8) is 0 Å². The molecule has 0 bridgehead atoms. The normalized spacial score (nSPS) is 9.12. The predicted molar refractivity (Wildman–Crippen MR) is 61.0 cm³/mol. The summed E-state index contributed by atoms with van der Waals surface area (Å²) in [5.41, 5.74) is 0. The summed E-state index contributed by atoms with van der Waals surface area (Å²) >= 11 is 0. The van der Waals surface area contributed by atoms with Crippen molar-refractivity contribution in [3.8, 4) is 12.3 Å². The molecular weight excluding hydrogens is 224 g/mol. The first-order chi connectivity index (χ1) is 8.06. The lowest BCUT2D eigenvalue weighted by Crippen LogP contribution is -2.38. The highest BCUT2D eigenvalue weighted by Gasteiger charge is 2.06. The Morgan fingerprint density at radius 3 is 2.29 bits per heavy atom. The molecule has 0 aromatic carbocycles. The summed E-state index contributed by atoms with van der Waals surface area (Å²) in [5.74, 6) is 0.575. The molecule has 0 aliphatic heterocycles. The summed E-state index contributed by atoms with van der Waals surface area (Å²) in [7, 11) is 0. The van der Waals surface area contributed by atoms with E-state index in [1.54, 1.807) is 0 Å².